The third-order valence-corrected chi connectivity index (χ3v) is 2.96. The zero-order valence-corrected chi connectivity index (χ0v) is 11.8. The number of Topliss-reactive ketones (excluding diaryl/α,β-unsaturated/α-hetero) is 1. The molecule has 3 nitrogen and oxygen atoms in total. The summed E-state index contributed by atoms with van der Waals surface area (Å²) < 4.78 is 19.6. The second-order valence-electron chi connectivity index (χ2n) is 3.83. The first-order valence-corrected chi connectivity index (χ1v) is 6.51. The Morgan fingerprint density at radius 1 is 1.37 bits per heavy atom. The second-order valence-corrected chi connectivity index (χ2v) is 4.75. The Labute approximate surface area is 118 Å². The SMILES string of the molecule is CCC(=O)c1ccc(Oc2cc(Br)ccc2F)cn1. The molecule has 19 heavy (non-hydrogen) atoms. The molecule has 98 valence electrons. The topological polar surface area (TPSA) is 39.2 Å². The van der Waals surface area contributed by atoms with Gasteiger partial charge in [-0.15, -0.1) is 0 Å². The van der Waals surface area contributed by atoms with Gasteiger partial charge in [0.15, 0.2) is 17.3 Å². The van der Waals surface area contributed by atoms with Gasteiger partial charge in [0.05, 0.1) is 6.20 Å². The molecule has 0 atom stereocenters. The number of carbonyl (C=O) groups excluding carboxylic acids is 1. The smallest absolute Gasteiger partial charge is 0.180 e. The van der Waals surface area contributed by atoms with E-state index in [0.29, 0.717) is 17.9 Å². The van der Waals surface area contributed by atoms with Gasteiger partial charge in [-0.3, -0.25) is 4.79 Å². The fourth-order valence-electron chi connectivity index (χ4n) is 1.47. The van der Waals surface area contributed by atoms with Crippen LogP contribution in [0.15, 0.2) is 41.0 Å². The number of hydrogen-bond donors (Lipinski definition) is 0. The molecular weight excluding hydrogens is 313 g/mol. The van der Waals surface area contributed by atoms with Crippen LogP contribution in [0.5, 0.6) is 11.5 Å². The molecule has 1 aromatic heterocycles. The number of aromatic nitrogens is 1. The second kappa shape index (κ2) is 5.93. The van der Waals surface area contributed by atoms with E-state index in [4.69, 9.17) is 4.74 Å². The van der Waals surface area contributed by atoms with Crippen molar-refractivity contribution in [2.75, 3.05) is 0 Å². The number of ether oxygens (including phenoxy) is 1. The lowest BCUT2D eigenvalue weighted by atomic mass is 10.2. The minimum atomic E-state index is -0.461. The molecule has 2 rings (SSSR count). The minimum Gasteiger partial charge on any atom is -0.453 e. The molecule has 0 aliphatic carbocycles. The fourth-order valence-corrected chi connectivity index (χ4v) is 1.81. The molecule has 1 heterocycles. The Morgan fingerprint density at radius 3 is 2.79 bits per heavy atom. The summed E-state index contributed by atoms with van der Waals surface area (Å²) in [4.78, 5) is 15.4. The Hall–Kier alpha value is -1.75. The summed E-state index contributed by atoms with van der Waals surface area (Å²) in [6.07, 6.45) is 1.80. The average Bonchev–Trinajstić information content (AvgIpc) is 2.43. The highest BCUT2D eigenvalue weighted by Crippen LogP contribution is 2.27. The Kier molecular flexibility index (Phi) is 4.27. The molecule has 0 N–H and O–H groups in total. The van der Waals surface area contributed by atoms with Gasteiger partial charge >= 0.3 is 0 Å². The van der Waals surface area contributed by atoms with Crippen LogP contribution in [0.4, 0.5) is 4.39 Å². The van der Waals surface area contributed by atoms with E-state index in [9.17, 15) is 9.18 Å². The third kappa shape index (κ3) is 3.38. The van der Waals surface area contributed by atoms with Crippen molar-refractivity contribution in [1.82, 2.24) is 4.98 Å². The Morgan fingerprint density at radius 2 is 2.16 bits per heavy atom. The lowest BCUT2D eigenvalue weighted by Gasteiger charge is -2.07. The summed E-state index contributed by atoms with van der Waals surface area (Å²) in [5, 5.41) is 0. The highest BCUT2D eigenvalue weighted by Gasteiger charge is 2.08. The van der Waals surface area contributed by atoms with E-state index in [1.54, 1.807) is 25.1 Å². The molecular formula is C14H11BrFNO2. The van der Waals surface area contributed by atoms with Crippen LogP contribution in [0.25, 0.3) is 0 Å². The Bertz CT molecular complexity index is 599. The summed E-state index contributed by atoms with van der Waals surface area (Å²) in [5.41, 5.74) is 0.379. The van der Waals surface area contributed by atoms with Crippen LogP contribution < -0.4 is 4.74 Å². The van der Waals surface area contributed by atoms with Gasteiger partial charge in [-0.05, 0) is 30.3 Å². The number of carbonyl (C=O) groups is 1. The van der Waals surface area contributed by atoms with Gasteiger partial charge in [0.1, 0.15) is 11.4 Å². The summed E-state index contributed by atoms with van der Waals surface area (Å²) >= 11 is 3.24. The molecule has 2 aromatic rings. The zero-order chi connectivity index (χ0) is 13.8. The number of halogens is 2. The van der Waals surface area contributed by atoms with Crippen LogP contribution in [0.3, 0.4) is 0 Å². The summed E-state index contributed by atoms with van der Waals surface area (Å²) in [6, 6.07) is 7.58. The van der Waals surface area contributed by atoms with Gasteiger partial charge in [0.25, 0.3) is 0 Å². The van der Waals surface area contributed by atoms with Crippen molar-refractivity contribution in [3.05, 3.63) is 52.5 Å². The van der Waals surface area contributed by atoms with E-state index in [1.165, 1.54) is 18.3 Å². The molecule has 0 bridgehead atoms. The molecule has 0 fully saturated rings. The fraction of sp³-hybridized carbons (Fsp3) is 0.143. The van der Waals surface area contributed by atoms with E-state index in [1.807, 2.05) is 0 Å². The van der Waals surface area contributed by atoms with Crippen molar-refractivity contribution in [2.45, 2.75) is 13.3 Å². The summed E-state index contributed by atoms with van der Waals surface area (Å²) in [6.45, 7) is 1.77. The molecule has 0 aliphatic rings. The van der Waals surface area contributed by atoms with Crippen LogP contribution in [-0.2, 0) is 0 Å². The number of benzene rings is 1. The number of rotatable bonds is 4. The van der Waals surface area contributed by atoms with E-state index >= 15 is 0 Å². The first-order chi connectivity index (χ1) is 9.10. The predicted molar refractivity (Wildman–Crippen MR) is 73.0 cm³/mol. The summed E-state index contributed by atoms with van der Waals surface area (Å²) in [7, 11) is 0. The van der Waals surface area contributed by atoms with Gasteiger partial charge in [0, 0.05) is 10.9 Å². The van der Waals surface area contributed by atoms with Crippen LogP contribution in [0, 0.1) is 5.82 Å². The van der Waals surface area contributed by atoms with Crippen LogP contribution in [-0.4, -0.2) is 10.8 Å². The molecule has 0 amide bonds. The molecule has 0 unspecified atom stereocenters. The monoisotopic (exact) mass is 323 g/mol. The number of nitrogens with zero attached hydrogens (tertiary/aromatic N) is 1. The first kappa shape index (κ1) is 13.7. The van der Waals surface area contributed by atoms with Crippen LogP contribution in [0.2, 0.25) is 0 Å². The lowest BCUT2D eigenvalue weighted by Crippen LogP contribution is -1.99. The zero-order valence-electron chi connectivity index (χ0n) is 10.2. The summed E-state index contributed by atoms with van der Waals surface area (Å²) in [5.74, 6) is -0.0208. The van der Waals surface area contributed by atoms with E-state index < -0.39 is 5.82 Å². The van der Waals surface area contributed by atoms with E-state index in [0.717, 1.165) is 4.47 Å². The largest absolute Gasteiger partial charge is 0.453 e. The molecule has 0 aliphatic heterocycles. The van der Waals surface area contributed by atoms with Gasteiger partial charge in [-0.2, -0.15) is 0 Å². The van der Waals surface area contributed by atoms with Crippen molar-refractivity contribution >= 4 is 21.7 Å². The number of hydrogen-bond acceptors (Lipinski definition) is 3. The van der Waals surface area contributed by atoms with Crippen molar-refractivity contribution in [3.8, 4) is 11.5 Å². The molecule has 0 radical (unpaired) electrons. The van der Waals surface area contributed by atoms with Crippen molar-refractivity contribution < 1.29 is 13.9 Å². The first-order valence-electron chi connectivity index (χ1n) is 5.72. The minimum absolute atomic E-state index is 0.0415. The Balaban J connectivity index is 2.19. The van der Waals surface area contributed by atoms with Crippen LogP contribution >= 0.6 is 15.9 Å². The van der Waals surface area contributed by atoms with Crippen molar-refractivity contribution in [3.63, 3.8) is 0 Å². The van der Waals surface area contributed by atoms with Gasteiger partial charge in [-0.1, -0.05) is 22.9 Å². The maximum Gasteiger partial charge on any atom is 0.180 e. The number of pyridine rings is 1. The molecule has 1 aromatic carbocycles. The standard InChI is InChI=1S/C14H11BrFNO2/c1-2-13(18)12-6-4-10(8-17-12)19-14-7-9(15)3-5-11(14)16/h3-8H,2H2,1H3. The third-order valence-electron chi connectivity index (χ3n) is 2.46. The lowest BCUT2D eigenvalue weighted by molar-refractivity contribution is 0.0983. The van der Waals surface area contributed by atoms with Crippen LogP contribution in [0.1, 0.15) is 23.8 Å². The average molecular weight is 324 g/mol. The normalized spacial score (nSPS) is 10.3. The van der Waals surface area contributed by atoms with Gasteiger partial charge < -0.3 is 4.74 Å². The maximum atomic E-state index is 13.5. The molecule has 0 saturated carbocycles. The highest BCUT2D eigenvalue weighted by atomic mass is 79.9. The molecule has 5 heteroatoms. The van der Waals surface area contributed by atoms with Crippen molar-refractivity contribution in [2.24, 2.45) is 0 Å². The molecule has 0 saturated heterocycles. The highest BCUT2D eigenvalue weighted by molar-refractivity contribution is 9.10. The predicted octanol–water partition coefficient (Wildman–Crippen LogP) is 4.37. The quantitative estimate of drug-likeness (QED) is 0.784. The van der Waals surface area contributed by atoms with Crippen molar-refractivity contribution in [1.29, 1.82) is 0 Å². The maximum absolute atomic E-state index is 13.5. The number of ketones is 1. The molecule has 0 spiro atoms. The van der Waals surface area contributed by atoms with E-state index in [-0.39, 0.29) is 11.5 Å². The van der Waals surface area contributed by atoms with Gasteiger partial charge in [-0.25, -0.2) is 9.37 Å². The van der Waals surface area contributed by atoms with E-state index in [2.05, 4.69) is 20.9 Å². The van der Waals surface area contributed by atoms with Gasteiger partial charge in [0.2, 0.25) is 0 Å².